The molecule has 0 aliphatic heterocycles. The van der Waals surface area contributed by atoms with Gasteiger partial charge in [0.25, 0.3) is 0 Å². The Labute approximate surface area is 117 Å². The van der Waals surface area contributed by atoms with Crippen LogP contribution in [0, 0.1) is 6.92 Å². The smallest absolute Gasteiger partial charge is 0.0724 e. The van der Waals surface area contributed by atoms with Gasteiger partial charge in [-0.15, -0.1) is 0 Å². The standard InChI is InChI=1S/C16H16N4/c1-12-8-19-15(11-18-12)10-17-9-14-7-6-13-4-2-3-5-16(13)20-14/h2-8,11,17H,9-10H2,1H3. The molecular weight excluding hydrogens is 248 g/mol. The van der Waals surface area contributed by atoms with Crippen LogP contribution < -0.4 is 5.32 Å². The average Bonchev–Trinajstić information content (AvgIpc) is 2.49. The molecule has 0 saturated heterocycles. The molecule has 1 aromatic carbocycles. The monoisotopic (exact) mass is 264 g/mol. The number of nitrogens with one attached hydrogen (secondary N) is 1. The zero-order valence-electron chi connectivity index (χ0n) is 11.4. The van der Waals surface area contributed by atoms with Crippen LogP contribution in [0.1, 0.15) is 17.1 Å². The van der Waals surface area contributed by atoms with Crippen molar-refractivity contribution in [1.82, 2.24) is 20.3 Å². The second-order valence-electron chi connectivity index (χ2n) is 4.75. The minimum Gasteiger partial charge on any atom is -0.305 e. The Kier molecular flexibility index (Phi) is 3.65. The SMILES string of the molecule is Cc1cnc(CNCc2ccc3ccccc3n2)cn1. The zero-order chi connectivity index (χ0) is 13.8. The normalized spacial score (nSPS) is 10.8. The average molecular weight is 264 g/mol. The van der Waals surface area contributed by atoms with Gasteiger partial charge in [-0.1, -0.05) is 24.3 Å². The van der Waals surface area contributed by atoms with E-state index in [2.05, 4.69) is 38.5 Å². The molecule has 2 aromatic heterocycles. The molecule has 0 saturated carbocycles. The largest absolute Gasteiger partial charge is 0.305 e. The van der Waals surface area contributed by atoms with Gasteiger partial charge in [0, 0.05) is 30.9 Å². The lowest BCUT2D eigenvalue weighted by Crippen LogP contribution is -2.14. The number of pyridine rings is 1. The van der Waals surface area contributed by atoms with Crippen molar-refractivity contribution in [2.24, 2.45) is 0 Å². The van der Waals surface area contributed by atoms with Crippen molar-refractivity contribution < 1.29 is 0 Å². The Morgan fingerprint density at radius 3 is 2.60 bits per heavy atom. The number of aromatic nitrogens is 3. The van der Waals surface area contributed by atoms with Crippen LogP contribution in [0.4, 0.5) is 0 Å². The zero-order valence-corrected chi connectivity index (χ0v) is 11.4. The van der Waals surface area contributed by atoms with Gasteiger partial charge in [0.1, 0.15) is 0 Å². The molecule has 100 valence electrons. The van der Waals surface area contributed by atoms with Crippen molar-refractivity contribution in [3.8, 4) is 0 Å². The molecule has 0 unspecified atom stereocenters. The van der Waals surface area contributed by atoms with Crippen LogP contribution in [0.25, 0.3) is 10.9 Å². The van der Waals surface area contributed by atoms with Gasteiger partial charge in [-0.05, 0) is 19.1 Å². The highest BCUT2D eigenvalue weighted by atomic mass is 14.9. The van der Waals surface area contributed by atoms with Crippen molar-refractivity contribution >= 4 is 10.9 Å². The third-order valence-electron chi connectivity index (χ3n) is 3.10. The quantitative estimate of drug-likeness (QED) is 0.787. The third-order valence-corrected chi connectivity index (χ3v) is 3.10. The number of hydrogen-bond acceptors (Lipinski definition) is 4. The van der Waals surface area contributed by atoms with Crippen LogP contribution >= 0.6 is 0 Å². The molecule has 0 fully saturated rings. The Morgan fingerprint density at radius 1 is 0.900 bits per heavy atom. The Bertz CT molecular complexity index is 707. The van der Waals surface area contributed by atoms with E-state index in [1.54, 1.807) is 12.4 Å². The van der Waals surface area contributed by atoms with Gasteiger partial charge in [0.15, 0.2) is 0 Å². The fourth-order valence-electron chi connectivity index (χ4n) is 2.04. The van der Waals surface area contributed by atoms with E-state index < -0.39 is 0 Å². The van der Waals surface area contributed by atoms with E-state index >= 15 is 0 Å². The summed E-state index contributed by atoms with van der Waals surface area (Å²) in [4.78, 5) is 13.2. The van der Waals surface area contributed by atoms with Gasteiger partial charge >= 0.3 is 0 Å². The lowest BCUT2D eigenvalue weighted by molar-refractivity contribution is 0.666. The number of rotatable bonds is 4. The van der Waals surface area contributed by atoms with Gasteiger partial charge < -0.3 is 5.32 Å². The van der Waals surface area contributed by atoms with Crippen molar-refractivity contribution in [3.05, 3.63) is 65.9 Å². The summed E-state index contributed by atoms with van der Waals surface area (Å²) in [5, 5.41) is 4.50. The molecule has 4 heteroatoms. The van der Waals surface area contributed by atoms with E-state index in [0.717, 1.165) is 29.1 Å². The van der Waals surface area contributed by atoms with Gasteiger partial charge in [0.05, 0.1) is 22.6 Å². The second kappa shape index (κ2) is 5.75. The highest BCUT2D eigenvalue weighted by Gasteiger charge is 1.99. The first kappa shape index (κ1) is 12.7. The van der Waals surface area contributed by atoms with Crippen LogP contribution in [-0.2, 0) is 13.1 Å². The Balaban J connectivity index is 1.63. The Hall–Kier alpha value is -2.33. The van der Waals surface area contributed by atoms with Gasteiger partial charge in [-0.2, -0.15) is 0 Å². The fraction of sp³-hybridized carbons (Fsp3) is 0.188. The number of para-hydroxylation sites is 1. The van der Waals surface area contributed by atoms with Crippen molar-refractivity contribution in [2.75, 3.05) is 0 Å². The first-order valence-corrected chi connectivity index (χ1v) is 6.64. The van der Waals surface area contributed by atoms with E-state index in [0.29, 0.717) is 6.54 Å². The molecule has 0 atom stereocenters. The van der Waals surface area contributed by atoms with Gasteiger partial charge in [-0.25, -0.2) is 0 Å². The molecular formula is C16H16N4. The molecule has 2 heterocycles. The summed E-state index contributed by atoms with van der Waals surface area (Å²) in [6.45, 7) is 3.35. The van der Waals surface area contributed by atoms with E-state index in [1.165, 1.54) is 5.39 Å². The fourth-order valence-corrected chi connectivity index (χ4v) is 2.04. The third kappa shape index (κ3) is 2.97. The predicted molar refractivity (Wildman–Crippen MR) is 79.1 cm³/mol. The molecule has 3 aromatic rings. The number of benzene rings is 1. The summed E-state index contributed by atoms with van der Waals surface area (Å²) in [6, 6.07) is 12.3. The maximum Gasteiger partial charge on any atom is 0.0724 e. The van der Waals surface area contributed by atoms with Crippen LogP contribution in [-0.4, -0.2) is 15.0 Å². The summed E-state index contributed by atoms with van der Waals surface area (Å²) in [5.41, 5.74) is 3.94. The molecule has 0 spiro atoms. The number of nitrogens with zero attached hydrogens (tertiary/aromatic N) is 3. The molecule has 3 rings (SSSR count). The lowest BCUT2D eigenvalue weighted by Gasteiger charge is -2.05. The van der Waals surface area contributed by atoms with Crippen LogP contribution in [0.5, 0.6) is 0 Å². The minimum absolute atomic E-state index is 0.696. The maximum absolute atomic E-state index is 4.62. The molecule has 0 bridgehead atoms. The molecule has 0 amide bonds. The second-order valence-corrected chi connectivity index (χ2v) is 4.75. The van der Waals surface area contributed by atoms with E-state index in [9.17, 15) is 0 Å². The van der Waals surface area contributed by atoms with Crippen LogP contribution in [0.15, 0.2) is 48.8 Å². The minimum atomic E-state index is 0.696. The molecule has 20 heavy (non-hydrogen) atoms. The predicted octanol–water partition coefficient (Wildman–Crippen LogP) is 2.62. The number of hydrogen-bond donors (Lipinski definition) is 1. The van der Waals surface area contributed by atoms with Crippen molar-refractivity contribution in [1.29, 1.82) is 0 Å². The Morgan fingerprint density at radius 2 is 1.75 bits per heavy atom. The van der Waals surface area contributed by atoms with Gasteiger partial charge in [0.2, 0.25) is 0 Å². The molecule has 0 aliphatic carbocycles. The first-order chi connectivity index (χ1) is 9.81. The van der Waals surface area contributed by atoms with E-state index in [1.807, 2.05) is 25.1 Å². The highest BCUT2D eigenvalue weighted by molar-refractivity contribution is 5.78. The van der Waals surface area contributed by atoms with E-state index in [4.69, 9.17) is 0 Å². The van der Waals surface area contributed by atoms with Gasteiger partial charge in [-0.3, -0.25) is 15.0 Å². The summed E-state index contributed by atoms with van der Waals surface area (Å²) >= 11 is 0. The highest BCUT2D eigenvalue weighted by Crippen LogP contribution is 2.11. The summed E-state index contributed by atoms with van der Waals surface area (Å²) < 4.78 is 0. The molecule has 0 aliphatic rings. The lowest BCUT2D eigenvalue weighted by atomic mass is 10.2. The first-order valence-electron chi connectivity index (χ1n) is 6.64. The topological polar surface area (TPSA) is 50.7 Å². The molecule has 1 N–H and O–H groups in total. The van der Waals surface area contributed by atoms with Crippen molar-refractivity contribution in [3.63, 3.8) is 0 Å². The maximum atomic E-state index is 4.62. The summed E-state index contributed by atoms with van der Waals surface area (Å²) in [5.74, 6) is 0. The van der Waals surface area contributed by atoms with Crippen LogP contribution in [0.2, 0.25) is 0 Å². The molecule has 4 nitrogen and oxygen atoms in total. The molecule has 0 radical (unpaired) electrons. The number of aryl methyl sites for hydroxylation is 1. The number of fused-ring (bicyclic) bond motifs is 1. The summed E-state index contributed by atoms with van der Waals surface area (Å²) in [6.07, 6.45) is 3.58. The summed E-state index contributed by atoms with van der Waals surface area (Å²) in [7, 11) is 0. The van der Waals surface area contributed by atoms with Crippen LogP contribution in [0.3, 0.4) is 0 Å². The van der Waals surface area contributed by atoms with E-state index in [-0.39, 0.29) is 0 Å². The van der Waals surface area contributed by atoms with Crippen molar-refractivity contribution in [2.45, 2.75) is 20.0 Å².